The predicted molar refractivity (Wildman–Crippen MR) is 58.3 cm³/mol. The summed E-state index contributed by atoms with van der Waals surface area (Å²) in [6, 6.07) is 1.21. The van der Waals surface area contributed by atoms with Crippen LogP contribution in [-0.4, -0.2) is 35.6 Å². The van der Waals surface area contributed by atoms with Crippen molar-refractivity contribution < 1.29 is 9.90 Å². The molecule has 2 rings (SSSR count). The lowest BCUT2D eigenvalue weighted by molar-refractivity contribution is 0.0682. The molecule has 0 amide bonds. The van der Waals surface area contributed by atoms with Gasteiger partial charge in [0.05, 0.1) is 19.3 Å². The molecule has 0 unspecified atom stereocenters. The number of aromatic carboxylic acids is 1. The Hall–Kier alpha value is -2.71. The zero-order chi connectivity index (χ0) is 13.1. The maximum atomic E-state index is 11.4. The van der Waals surface area contributed by atoms with Crippen LogP contribution in [0.2, 0.25) is 0 Å². The molecular formula is C9H9N5O4. The van der Waals surface area contributed by atoms with Crippen LogP contribution in [0.1, 0.15) is 10.5 Å². The van der Waals surface area contributed by atoms with E-state index < -0.39 is 17.2 Å². The molecule has 9 heteroatoms. The number of carbonyl (C=O) groups is 1. The van der Waals surface area contributed by atoms with E-state index in [4.69, 9.17) is 5.11 Å². The van der Waals surface area contributed by atoms with Crippen LogP contribution < -0.4 is 11.2 Å². The highest BCUT2D eigenvalue weighted by molar-refractivity contribution is 5.85. The molecule has 0 bridgehead atoms. The molecule has 0 aliphatic rings. The zero-order valence-electron chi connectivity index (χ0n) is 9.11. The lowest BCUT2D eigenvalue weighted by Crippen LogP contribution is -2.35. The van der Waals surface area contributed by atoms with Crippen molar-refractivity contribution >= 4 is 5.97 Å². The van der Waals surface area contributed by atoms with Gasteiger partial charge in [0.2, 0.25) is 0 Å². The summed E-state index contributed by atoms with van der Waals surface area (Å²) in [6.45, 7) is 0.0767. The molecule has 2 N–H and O–H groups in total. The van der Waals surface area contributed by atoms with Gasteiger partial charge in [-0.05, 0) is 0 Å². The molecule has 9 nitrogen and oxygen atoms in total. The number of hydrogen-bond donors (Lipinski definition) is 2. The van der Waals surface area contributed by atoms with E-state index in [1.807, 2.05) is 0 Å². The summed E-state index contributed by atoms with van der Waals surface area (Å²) >= 11 is 0. The van der Waals surface area contributed by atoms with Crippen molar-refractivity contribution in [3.63, 3.8) is 0 Å². The number of hydrogen-bond acceptors (Lipinski definition) is 5. The van der Waals surface area contributed by atoms with E-state index in [0.29, 0.717) is 0 Å². The standard InChI is InChI=1S/C9H9N5O4/c15-7-1-2-10-9(18)13(7)3-4-14-6(8(16)17)5-11-12-14/h1-2,5H,3-4H2,(H,10,18)(H,16,17). The third-order valence-electron chi connectivity index (χ3n) is 2.32. The van der Waals surface area contributed by atoms with Crippen LogP contribution in [0.4, 0.5) is 0 Å². The highest BCUT2D eigenvalue weighted by atomic mass is 16.4. The van der Waals surface area contributed by atoms with Crippen LogP contribution in [0.5, 0.6) is 0 Å². The second-order valence-corrected chi connectivity index (χ2v) is 3.42. The van der Waals surface area contributed by atoms with Crippen LogP contribution in [0.15, 0.2) is 28.0 Å². The molecule has 2 aromatic rings. The van der Waals surface area contributed by atoms with E-state index >= 15 is 0 Å². The number of H-pyrrole nitrogens is 1. The van der Waals surface area contributed by atoms with E-state index in [1.54, 1.807) is 0 Å². The fourth-order valence-corrected chi connectivity index (χ4v) is 1.45. The van der Waals surface area contributed by atoms with Gasteiger partial charge in [-0.15, -0.1) is 5.10 Å². The van der Waals surface area contributed by atoms with Crippen molar-refractivity contribution in [2.45, 2.75) is 13.1 Å². The predicted octanol–water partition coefficient (Wildman–Crippen LogP) is -1.47. The number of carboxylic acids is 1. The van der Waals surface area contributed by atoms with Gasteiger partial charge in [0.25, 0.3) is 5.56 Å². The van der Waals surface area contributed by atoms with Crippen LogP contribution in [0, 0.1) is 0 Å². The zero-order valence-corrected chi connectivity index (χ0v) is 9.11. The summed E-state index contributed by atoms with van der Waals surface area (Å²) in [7, 11) is 0. The highest BCUT2D eigenvalue weighted by Gasteiger charge is 2.11. The SMILES string of the molecule is O=C(O)c1cnnn1CCn1c(=O)cc[nH]c1=O. The Kier molecular flexibility index (Phi) is 3.04. The lowest BCUT2D eigenvalue weighted by Gasteiger charge is -2.04. The van der Waals surface area contributed by atoms with Gasteiger partial charge in [0.15, 0.2) is 5.69 Å². The molecule has 0 saturated heterocycles. The van der Waals surface area contributed by atoms with Gasteiger partial charge in [-0.25, -0.2) is 14.3 Å². The lowest BCUT2D eigenvalue weighted by atomic mass is 10.4. The number of aromatic nitrogens is 5. The van der Waals surface area contributed by atoms with Gasteiger partial charge in [-0.3, -0.25) is 9.36 Å². The van der Waals surface area contributed by atoms with Gasteiger partial charge in [-0.2, -0.15) is 0 Å². The van der Waals surface area contributed by atoms with Crippen LogP contribution in [0.25, 0.3) is 0 Å². The molecule has 0 aliphatic carbocycles. The molecule has 94 valence electrons. The smallest absolute Gasteiger partial charge is 0.355 e. The fraction of sp³-hybridized carbons (Fsp3) is 0.222. The average Bonchev–Trinajstić information content (AvgIpc) is 2.76. The molecule has 0 fully saturated rings. The molecule has 2 aromatic heterocycles. The first-order valence-corrected chi connectivity index (χ1v) is 5.00. The summed E-state index contributed by atoms with van der Waals surface area (Å²) in [5.74, 6) is -1.17. The van der Waals surface area contributed by atoms with E-state index in [1.165, 1.54) is 12.3 Å². The topological polar surface area (TPSA) is 123 Å². The Morgan fingerprint density at radius 1 is 1.39 bits per heavy atom. The molecule has 18 heavy (non-hydrogen) atoms. The minimum absolute atomic E-state index is 0.0125. The maximum absolute atomic E-state index is 11.4. The van der Waals surface area contributed by atoms with Crippen LogP contribution >= 0.6 is 0 Å². The Labute approximate surface area is 99.3 Å². The van der Waals surface area contributed by atoms with Crippen molar-refractivity contribution in [1.82, 2.24) is 24.5 Å². The number of rotatable bonds is 4. The second-order valence-electron chi connectivity index (χ2n) is 3.42. The summed E-state index contributed by atoms with van der Waals surface area (Å²) < 4.78 is 2.06. The molecule has 0 aromatic carbocycles. The van der Waals surface area contributed by atoms with Crippen molar-refractivity contribution in [1.29, 1.82) is 0 Å². The molecule has 0 aliphatic heterocycles. The van der Waals surface area contributed by atoms with E-state index in [2.05, 4.69) is 15.3 Å². The molecule has 0 saturated carbocycles. The van der Waals surface area contributed by atoms with Crippen molar-refractivity contribution in [2.75, 3.05) is 0 Å². The van der Waals surface area contributed by atoms with Gasteiger partial charge in [0, 0.05) is 12.3 Å². The first-order valence-electron chi connectivity index (χ1n) is 5.00. The normalized spacial score (nSPS) is 10.4. The largest absolute Gasteiger partial charge is 0.476 e. The van der Waals surface area contributed by atoms with Crippen molar-refractivity contribution in [3.8, 4) is 0 Å². The summed E-state index contributed by atoms with van der Waals surface area (Å²) in [6.07, 6.45) is 2.35. The molecule has 0 radical (unpaired) electrons. The minimum Gasteiger partial charge on any atom is -0.476 e. The molecule has 0 spiro atoms. The van der Waals surface area contributed by atoms with Gasteiger partial charge < -0.3 is 10.1 Å². The number of nitrogens with one attached hydrogen (secondary N) is 1. The van der Waals surface area contributed by atoms with Crippen molar-refractivity contribution in [3.05, 3.63) is 45.0 Å². The van der Waals surface area contributed by atoms with E-state index in [0.717, 1.165) is 15.4 Å². The third-order valence-corrected chi connectivity index (χ3v) is 2.32. The summed E-state index contributed by atoms with van der Waals surface area (Å²) in [4.78, 5) is 35.9. The van der Waals surface area contributed by atoms with Crippen molar-refractivity contribution in [2.24, 2.45) is 0 Å². The molecule has 0 atom stereocenters. The van der Waals surface area contributed by atoms with Crippen LogP contribution in [-0.2, 0) is 13.1 Å². The number of nitrogens with zero attached hydrogens (tertiary/aromatic N) is 4. The maximum Gasteiger partial charge on any atom is 0.355 e. The monoisotopic (exact) mass is 251 g/mol. The second kappa shape index (κ2) is 4.65. The Morgan fingerprint density at radius 2 is 2.17 bits per heavy atom. The Morgan fingerprint density at radius 3 is 2.83 bits per heavy atom. The van der Waals surface area contributed by atoms with Gasteiger partial charge in [0.1, 0.15) is 0 Å². The van der Waals surface area contributed by atoms with Crippen LogP contribution in [0.3, 0.4) is 0 Å². The minimum atomic E-state index is -1.17. The average molecular weight is 251 g/mol. The molecule has 2 heterocycles. The fourth-order valence-electron chi connectivity index (χ4n) is 1.45. The number of aromatic amines is 1. The first kappa shape index (κ1) is 11.8. The highest BCUT2D eigenvalue weighted by Crippen LogP contribution is 1.96. The van der Waals surface area contributed by atoms with E-state index in [-0.39, 0.29) is 18.8 Å². The first-order chi connectivity index (χ1) is 8.59. The number of aryl methyl sites for hydroxylation is 1. The Balaban J connectivity index is 2.22. The Bertz CT molecular complexity index is 654. The molecular weight excluding hydrogens is 242 g/mol. The third kappa shape index (κ3) is 2.19. The van der Waals surface area contributed by atoms with Gasteiger partial charge in [-0.1, -0.05) is 5.21 Å². The quantitative estimate of drug-likeness (QED) is 0.683. The van der Waals surface area contributed by atoms with Gasteiger partial charge >= 0.3 is 11.7 Å². The number of carboxylic acid groups (broad SMARTS) is 1. The summed E-state index contributed by atoms with van der Waals surface area (Å²) in [5.41, 5.74) is -1.12. The summed E-state index contributed by atoms with van der Waals surface area (Å²) in [5, 5.41) is 15.9. The van der Waals surface area contributed by atoms with E-state index in [9.17, 15) is 14.4 Å².